The molecule has 2 aliphatic rings. The first kappa shape index (κ1) is 23.6. The van der Waals surface area contributed by atoms with Gasteiger partial charge in [0.25, 0.3) is 11.8 Å². The van der Waals surface area contributed by atoms with Crippen LogP contribution in [0.5, 0.6) is 0 Å². The van der Waals surface area contributed by atoms with Crippen molar-refractivity contribution in [2.45, 2.75) is 77.5 Å². The summed E-state index contributed by atoms with van der Waals surface area (Å²) in [6.07, 6.45) is 5.94. The molecule has 2 aromatic rings. The quantitative estimate of drug-likeness (QED) is 0.570. The highest BCUT2D eigenvalue weighted by Gasteiger charge is 2.37. The molecule has 33 heavy (non-hydrogen) atoms. The van der Waals surface area contributed by atoms with E-state index in [0.29, 0.717) is 17.1 Å². The smallest absolute Gasteiger partial charge is 0.280 e. The fraction of sp³-hybridized carbons (Fsp3) is 0.583. The van der Waals surface area contributed by atoms with Gasteiger partial charge in [0.1, 0.15) is 11.5 Å². The van der Waals surface area contributed by atoms with E-state index in [1.54, 1.807) is 20.0 Å². The summed E-state index contributed by atoms with van der Waals surface area (Å²) in [5.41, 5.74) is 1.13. The predicted octanol–water partition coefficient (Wildman–Crippen LogP) is 3.60. The molecular formula is C24H33N5O3S. The molecule has 2 amide bonds. The first-order chi connectivity index (χ1) is 15.5. The van der Waals surface area contributed by atoms with E-state index in [0.717, 1.165) is 42.6 Å². The molecule has 0 unspecified atom stereocenters. The number of hydrogen-bond donors (Lipinski definition) is 3. The number of pyridine rings is 1. The number of nitrogens with one attached hydrogen (secondary N) is 2. The van der Waals surface area contributed by atoms with Crippen molar-refractivity contribution >= 4 is 29.0 Å². The van der Waals surface area contributed by atoms with Crippen LogP contribution in [0.2, 0.25) is 0 Å². The fourth-order valence-electron chi connectivity index (χ4n) is 3.97. The molecule has 0 radical (unpaired) electrons. The first-order valence-electron chi connectivity index (χ1n) is 11.5. The lowest BCUT2D eigenvalue weighted by Gasteiger charge is -2.21. The Morgan fingerprint density at radius 2 is 2.09 bits per heavy atom. The lowest BCUT2D eigenvalue weighted by molar-refractivity contribution is 0.0692. The van der Waals surface area contributed by atoms with Crippen LogP contribution >= 0.6 is 11.3 Å². The fourth-order valence-corrected chi connectivity index (χ4v) is 5.02. The van der Waals surface area contributed by atoms with E-state index in [-0.39, 0.29) is 29.0 Å². The number of anilines is 1. The van der Waals surface area contributed by atoms with Gasteiger partial charge in [0, 0.05) is 36.4 Å². The van der Waals surface area contributed by atoms with Crippen LogP contribution in [0.25, 0.3) is 10.4 Å². The third kappa shape index (κ3) is 5.35. The van der Waals surface area contributed by atoms with E-state index in [1.165, 1.54) is 11.3 Å². The molecule has 4 rings (SSSR count). The van der Waals surface area contributed by atoms with Crippen molar-refractivity contribution in [2.75, 3.05) is 18.4 Å². The molecule has 1 atom stereocenters. The average molecular weight is 472 g/mol. The Morgan fingerprint density at radius 3 is 2.67 bits per heavy atom. The molecule has 2 aromatic heterocycles. The SMILES string of the molecule is Cc1cc(NC2(C)CC2)ncc1-c1sc(C(=O)NCC(C)(C)O)nc1C(=O)N1CCC[C@@H]1C. The van der Waals surface area contributed by atoms with Gasteiger partial charge in [-0.3, -0.25) is 9.59 Å². The number of carbonyl (C=O) groups excluding carboxylic acids is 2. The maximum Gasteiger partial charge on any atom is 0.280 e. The Hall–Kier alpha value is -2.52. The molecule has 0 spiro atoms. The highest BCUT2D eigenvalue weighted by atomic mass is 32.1. The van der Waals surface area contributed by atoms with E-state index < -0.39 is 11.5 Å². The van der Waals surface area contributed by atoms with E-state index in [1.807, 2.05) is 24.8 Å². The maximum atomic E-state index is 13.4. The van der Waals surface area contributed by atoms with Crippen molar-refractivity contribution in [3.63, 3.8) is 0 Å². The lowest BCUT2D eigenvalue weighted by atomic mass is 10.1. The van der Waals surface area contributed by atoms with Gasteiger partial charge in [-0.05, 0) is 71.9 Å². The number of amides is 2. The van der Waals surface area contributed by atoms with Crippen LogP contribution in [-0.4, -0.2) is 62.1 Å². The molecule has 2 fully saturated rings. The van der Waals surface area contributed by atoms with E-state index in [2.05, 4.69) is 27.5 Å². The molecule has 1 aliphatic carbocycles. The number of carbonyl (C=O) groups is 2. The molecule has 3 N–H and O–H groups in total. The van der Waals surface area contributed by atoms with Gasteiger partial charge >= 0.3 is 0 Å². The number of likely N-dealkylation sites (tertiary alicyclic amines) is 1. The first-order valence-corrected chi connectivity index (χ1v) is 12.3. The zero-order valence-electron chi connectivity index (χ0n) is 20.0. The van der Waals surface area contributed by atoms with Gasteiger partial charge in [-0.1, -0.05) is 0 Å². The standard InChI is InChI=1S/C24H33N5O3S/c1-14-11-17(28-24(5)8-9-24)25-12-16(14)19-18(22(31)29-10-6-7-15(29)2)27-21(33-19)20(30)26-13-23(3,4)32/h11-12,15,32H,6-10,13H2,1-5H3,(H,25,28)(H,26,30)/t15-/m0/s1. The lowest BCUT2D eigenvalue weighted by Crippen LogP contribution is -2.38. The highest BCUT2D eigenvalue weighted by molar-refractivity contribution is 7.17. The second-order valence-corrected chi connectivity index (χ2v) is 11.3. The van der Waals surface area contributed by atoms with Crippen LogP contribution in [0.3, 0.4) is 0 Å². The summed E-state index contributed by atoms with van der Waals surface area (Å²) in [5, 5.41) is 16.3. The zero-order chi connectivity index (χ0) is 24.0. The molecule has 1 saturated carbocycles. The van der Waals surface area contributed by atoms with Crippen LogP contribution in [0.4, 0.5) is 5.82 Å². The molecule has 0 bridgehead atoms. The Morgan fingerprint density at radius 1 is 1.36 bits per heavy atom. The molecule has 178 valence electrons. The topological polar surface area (TPSA) is 107 Å². The number of thiazole rings is 1. The summed E-state index contributed by atoms with van der Waals surface area (Å²) in [6.45, 7) is 10.2. The molecule has 9 heteroatoms. The molecule has 8 nitrogen and oxygen atoms in total. The van der Waals surface area contributed by atoms with Gasteiger partial charge in [-0.25, -0.2) is 9.97 Å². The van der Waals surface area contributed by atoms with Gasteiger partial charge in [0.2, 0.25) is 0 Å². The summed E-state index contributed by atoms with van der Waals surface area (Å²) in [4.78, 5) is 37.8. The third-order valence-corrected chi connectivity index (χ3v) is 7.39. The monoisotopic (exact) mass is 471 g/mol. The number of aromatic nitrogens is 2. The number of aliphatic hydroxyl groups is 1. The highest BCUT2D eigenvalue weighted by Crippen LogP contribution is 2.39. The number of nitrogens with zero attached hydrogens (tertiary/aromatic N) is 3. The zero-order valence-corrected chi connectivity index (χ0v) is 20.8. The van der Waals surface area contributed by atoms with E-state index >= 15 is 0 Å². The normalized spacial score (nSPS) is 19.5. The molecule has 3 heterocycles. The summed E-state index contributed by atoms with van der Waals surface area (Å²) < 4.78 is 0. The summed E-state index contributed by atoms with van der Waals surface area (Å²) in [6, 6.07) is 2.13. The minimum atomic E-state index is -1.04. The Kier molecular flexibility index (Phi) is 6.22. The maximum absolute atomic E-state index is 13.4. The molecule has 1 aliphatic heterocycles. The van der Waals surface area contributed by atoms with Gasteiger partial charge in [-0.15, -0.1) is 11.3 Å². The van der Waals surface area contributed by atoms with Crippen molar-refractivity contribution in [3.8, 4) is 10.4 Å². The van der Waals surface area contributed by atoms with E-state index in [9.17, 15) is 14.7 Å². The number of aryl methyl sites for hydroxylation is 1. The minimum Gasteiger partial charge on any atom is -0.389 e. The van der Waals surface area contributed by atoms with Crippen LogP contribution < -0.4 is 10.6 Å². The Labute approximate surface area is 198 Å². The Bertz CT molecular complexity index is 1070. The number of rotatable bonds is 7. The third-order valence-electron chi connectivity index (χ3n) is 6.30. The van der Waals surface area contributed by atoms with Crippen molar-refractivity contribution in [1.29, 1.82) is 0 Å². The van der Waals surface area contributed by atoms with Crippen molar-refractivity contribution < 1.29 is 14.7 Å². The van der Waals surface area contributed by atoms with Crippen LogP contribution in [0, 0.1) is 6.92 Å². The van der Waals surface area contributed by atoms with Crippen molar-refractivity contribution in [2.24, 2.45) is 0 Å². The predicted molar refractivity (Wildman–Crippen MR) is 130 cm³/mol. The molecular weight excluding hydrogens is 438 g/mol. The van der Waals surface area contributed by atoms with Gasteiger partial charge in [0.05, 0.1) is 10.5 Å². The van der Waals surface area contributed by atoms with Crippen molar-refractivity contribution in [1.82, 2.24) is 20.2 Å². The summed E-state index contributed by atoms with van der Waals surface area (Å²) >= 11 is 1.19. The van der Waals surface area contributed by atoms with Gasteiger partial charge in [-0.2, -0.15) is 0 Å². The van der Waals surface area contributed by atoms with Crippen LogP contribution in [0.1, 0.15) is 79.2 Å². The number of hydrogen-bond acceptors (Lipinski definition) is 7. The Balaban J connectivity index is 1.68. The molecule has 0 aromatic carbocycles. The van der Waals surface area contributed by atoms with E-state index in [4.69, 9.17) is 0 Å². The van der Waals surface area contributed by atoms with Crippen LogP contribution in [-0.2, 0) is 0 Å². The summed E-state index contributed by atoms with van der Waals surface area (Å²) in [7, 11) is 0. The average Bonchev–Trinajstić information content (AvgIpc) is 3.13. The molecule has 1 saturated heterocycles. The van der Waals surface area contributed by atoms with Crippen molar-refractivity contribution in [3.05, 3.63) is 28.5 Å². The van der Waals surface area contributed by atoms with Gasteiger partial charge in [0.15, 0.2) is 5.01 Å². The minimum absolute atomic E-state index is 0.0902. The van der Waals surface area contributed by atoms with Crippen LogP contribution in [0.15, 0.2) is 12.3 Å². The second kappa shape index (κ2) is 8.68. The summed E-state index contributed by atoms with van der Waals surface area (Å²) in [5.74, 6) is 0.257. The van der Waals surface area contributed by atoms with Gasteiger partial charge < -0.3 is 20.6 Å². The second-order valence-electron chi connectivity index (χ2n) is 10.3. The largest absolute Gasteiger partial charge is 0.389 e.